The molecular formula is C27H24N4O2S. The van der Waals surface area contributed by atoms with Gasteiger partial charge < -0.3 is 4.90 Å². The van der Waals surface area contributed by atoms with Crippen LogP contribution in [0.2, 0.25) is 0 Å². The number of ketones is 1. The van der Waals surface area contributed by atoms with Gasteiger partial charge in [0.2, 0.25) is 6.41 Å². The fourth-order valence-electron chi connectivity index (χ4n) is 4.18. The summed E-state index contributed by atoms with van der Waals surface area (Å²) in [6.45, 7) is 4.76. The van der Waals surface area contributed by atoms with Gasteiger partial charge in [0.15, 0.2) is 16.8 Å². The highest BCUT2D eigenvalue weighted by molar-refractivity contribution is 7.99. The Hall–Kier alpha value is -3.71. The van der Waals surface area contributed by atoms with Gasteiger partial charge in [-0.1, -0.05) is 53.2 Å². The van der Waals surface area contributed by atoms with Crippen molar-refractivity contribution in [3.05, 3.63) is 89.0 Å². The van der Waals surface area contributed by atoms with E-state index in [1.165, 1.54) is 17.3 Å². The van der Waals surface area contributed by atoms with E-state index in [1.807, 2.05) is 41.0 Å². The Balaban J connectivity index is 1.43. The zero-order chi connectivity index (χ0) is 23.7. The maximum atomic E-state index is 13.0. The van der Waals surface area contributed by atoms with Crippen LogP contribution in [0.25, 0.3) is 17.1 Å². The summed E-state index contributed by atoms with van der Waals surface area (Å²) >= 11 is 1.38. The quantitative estimate of drug-likeness (QED) is 0.216. The largest absolute Gasteiger partial charge is 0.314 e. The molecule has 34 heavy (non-hydrogen) atoms. The van der Waals surface area contributed by atoms with Crippen LogP contribution in [0.15, 0.2) is 71.9 Å². The average Bonchev–Trinajstić information content (AvgIpc) is 3.46. The van der Waals surface area contributed by atoms with Gasteiger partial charge in [-0.25, -0.2) is 0 Å². The molecule has 0 unspecified atom stereocenters. The molecule has 6 nitrogen and oxygen atoms in total. The predicted molar refractivity (Wildman–Crippen MR) is 135 cm³/mol. The molecule has 0 atom stereocenters. The lowest BCUT2D eigenvalue weighted by Crippen LogP contribution is -2.17. The van der Waals surface area contributed by atoms with Crippen LogP contribution in [0.4, 0.5) is 5.69 Å². The van der Waals surface area contributed by atoms with Crippen LogP contribution in [-0.4, -0.2) is 39.3 Å². The number of carbonyl (C=O) groups excluding carboxylic acids is 2. The Bertz CT molecular complexity index is 1380. The highest BCUT2D eigenvalue weighted by atomic mass is 32.2. The maximum absolute atomic E-state index is 13.0. The van der Waals surface area contributed by atoms with Crippen LogP contribution in [0.5, 0.6) is 0 Å². The summed E-state index contributed by atoms with van der Waals surface area (Å²) in [6, 6.07) is 21.9. The first kappa shape index (κ1) is 22.1. The minimum Gasteiger partial charge on any atom is -0.314 e. The smallest absolute Gasteiger partial charge is 0.214 e. The summed E-state index contributed by atoms with van der Waals surface area (Å²) in [5.41, 5.74) is 6.82. The Morgan fingerprint density at radius 2 is 1.82 bits per heavy atom. The number of fused-ring (bicyclic) bond motifs is 1. The van der Waals surface area contributed by atoms with Gasteiger partial charge in [0.25, 0.3) is 0 Å². The molecule has 1 aliphatic heterocycles. The van der Waals surface area contributed by atoms with E-state index < -0.39 is 0 Å². The molecule has 1 aliphatic rings. The number of amides is 1. The predicted octanol–water partition coefficient (Wildman–Crippen LogP) is 5.05. The number of benzene rings is 3. The highest BCUT2D eigenvalue weighted by Gasteiger charge is 2.21. The van der Waals surface area contributed by atoms with Gasteiger partial charge in [-0.15, -0.1) is 10.2 Å². The van der Waals surface area contributed by atoms with E-state index in [4.69, 9.17) is 0 Å². The maximum Gasteiger partial charge on any atom is 0.214 e. The fraction of sp³-hybridized carbons (Fsp3) is 0.185. The Labute approximate surface area is 202 Å². The van der Waals surface area contributed by atoms with E-state index in [1.54, 1.807) is 11.0 Å². The molecule has 0 aliphatic carbocycles. The summed E-state index contributed by atoms with van der Waals surface area (Å²) in [6.07, 6.45) is 1.61. The molecule has 0 radical (unpaired) electrons. The third kappa shape index (κ3) is 4.26. The first-order chi connectivity index (χ1) is 16.5. The van der Waals surface area contributed by atoms with E-state index in [2.05, 4.69) is 48.3 Å². The second-order valence-electron chi connectivity index (χ2n) is 8.45. The molecule has 0 N–H and O–H groups in total. The fourth-order valence-corrected chi connectivity index (χ4v) is 5.03. The summed E-state index contributed by atoms with van der Waals surface area (Å²) in [4.78, 5) is 25.9. The van der Waals surface area contributed by atoms with Gasteiger partial charge in [0, 0.05) is 29.0 Å². The molecule has 7 heteroatoms. The van der Waals surface area contributed by atoms with Crippen molar-refractivity contribution in [1.82, 2.24) is 14.8 Å². The number of hydrogen-bond donors (Lipinski definition) is 0. The average molecular weight is 469 g/mol. The Morgan fingerprint density at radius 3 is 2.59 bits per heavy atom. The van der Waals surface area contributed by atoms with Crippen molar-refractivity contribution in [2.75, 3.05) is 17.2 Å². The normalized spacial score (nSPS) is 12.6. The first-order valence-corrected chi connectivity index (χ1v) is 12.1. The number of anilines is 1. The van der Waals surface area contributed by atoms with E-state index in [9.17, 15) is 9.59 Å². The molecule has 0 saturated heterocycles. The van der Waals surface area contributed by atoms with Gasteiger partial charge in [-0.2, -0.15) is 0 Å². The standard InChI is InChI=1S/C27H24N4O2S/c1-18-6-9-23(10-7-18)31-26(22-5-3-4-19(2)14-22)28-29-27(31)34-16-25(33)21-8-11-24-20(15-21)12-13-30(24)17-32/h3-11,14-15,17H,12-13,16H2,1-2H3. The van der Waals surface area contributed by atoms with E-state index in [0.29, 0.717) is 17.3 Å². The molecule has 0 fully saturated rings. The molecule has 1 aromatic heterocycles. The molecule has 170 valence electrons. The van der Waals surface area contributed by atoms with E-state index >= 15 is 0 Å². The lowest BCUT2D eigenvalue weighted by Gasteiger charge is -2.12. The van der Waals surface area contributed by atoms with Crippen molar-refractivity contribution in [1.29, 1.82) is 0 Å². The minimum absolute atomic E-state index is 0.0212. The number of carbonyl (C=O) groups is 2. The summed E-state index contributed by atoms with van der Waals surface area (Å²) in [5, 5.41) is 9.60. The number of Topliss-reactive ketones (excluding diaryl/α,β-unsaturated/α-hetero) is 1. The van der Waals surface area contributed by atoms with Crippen LogP contribution < -0.4 is 4.90 Å². The van der Waals surface area contributed by atoms with Crippen LogP contribution in [0.1, 0.15) is 27.0 Å². The molecule has 3 aromatic carbocycles. The zero-order valence-corrected chi connectivity index (χ0v) is 19.9. The third-order valence-electron chi connectivity index (χ3n) is 5.99. The van der Waals surface area contributed by atoms with Gasteiger partial charge in [0.05, 0.1) is 5.75 Å². The number of aryl methyl sites for hydroxylation is 2. The van der Waals surface area contributed by atoms with Crippen molar-refractivity contribution in [3.8, 4) is 17.1 Å². The number of hydrogen-bond acceptors (Lipinski definition) is 5. The van der Waals surface area contributed by atoms with Crippen LogP contribution >= 0.6 is 11.8 Å². The Morgan fingerprint density at radius 1 is 1.00 bits per heavy atom. The number of nitrogens with zero attached hydrogens (tertiary/aromatic N) is 4. The second kappa shape index (κ2) is 9.27. The Kier molecular flexibility index (Phi) is 6.02. The molecule has 0 bridgehead atoms. The third-order valence-corrected chi connectivity index (χ3v) is 6.92. The summed E-state index contributed by atoms with van der Waals surface area (Å²) < 4.78 is 2.01. The highest BCUT2D eigenvalue weighted by Crippen LogP contribution is 2.31. The number of thioether (sulfide) groups is 1. The van der Waals surface area contributed by atoms with Gasteiger partial charge in [0.1, 0.15) is 0 Å². The lowest BCUT2D eigenvalue weighted by atomic mass is 10.1. The zero-order valence-electron chi connectivity index (χ0n) is 19.1. The molecule has 4 aromatic rings. The lowest BCUT2D eigenvalue weighted by molar-refractivity contribution is -0.107. The molecule has 1 amide bonds. The summed E-state index contributed by atoms with van der Waals surface area (Å²) in [7, 11) is 0. The van der Waals surface area contributed by atoms with E-state index in [-0.39, 0.29) is 11.5 Å². The van der Waals surface area contributed by atoms with Crippen molar-refractivity contribution in [2.24, 2.45) is 0 Å². The molecule has 5 rings (SSSR count). The SMILES string of the molecule is Cc1ccc(-n2c(SCC(=O)c3ccc4c(c3)CCN4C=O)nnc2-c2cccc(C)c2)cc1. The van der Waals surface area contributed by atoms with Crippen molar-refractivity contribution in [2.45, 2.75) is 25.4 Å². The van der Waals surface area contributed by atoms with Crippen LogP contribution in [0, 0.1) is 13.8 Å². The van der Waals surface area contributed by atoms with Gasteiger partial charge in [-0.3, -0.25) is 14.2 Å². The second-order valence-corrected chi connectivity index (χ2v) is 9.39. The monoisotopic (exact) mass is 468 g/mol. The summed E-state index contributed by atoms with van der Waals surface area (Å²) in [5.74, 6) is 1.01. The van der Waals surface area contributed by atoms with Crippen LogP contribution in [-0.2, 0) is 11.2 Å². The molecular weight excluding hydrogens is 444 g/mol. The van der Waals surface area contributed by atoms with Gasteiger partial charge in [-0.05, 0) is 62.2 Å². The van der Waals surface area contributed by atoms with E-state index in [0.717, 1.165) is 46.7 Å². The number of aromatic nitrogens is 3. The van der Waals surface area contributed by atoms with Crippen molar-refractivity contribution < 1.29 is 9.59 Å². The minimum atomic E-state index is 0.0212. The topological polar surface area (TPSA) is 68.1 Å². The molecule has 0 spiro atoms. The number of rotatable bonds is 7. The molecule has 2 heterocycles. The first-order valence-electron chi connectivity index (χ1n) is 11.1. The van der Waals surface area contributed by atoms with Crippen molar-refractivity contribution >= 4 is 29.6 Å². The van der Waals surface area contributed by atoms with Gasteiger partial charge >= 0.3 is 0 Å². The van der Waals surface area contributed by atoms with Crippen molar-refractivity contribution in [3.63, 3.8) is 0 Å². The van der Waals surface area contributed by atoms with Crippen LogP contribution in [0.3, 0.4) is 0 Å². The molecule has 0 saturated carbocycles.